The largest absolute Gasteiger partial charge is 0.481 e. The van der Waals surface area contributed by atoms with E-state index < -0.39 is 11.9 Å². The molecule has 1 atom stereocenters. The van der Waals surface area contributed by atoms with E-state index in [4.69, 9.17) is 5.11 Å². The Morgan fingerprint density at radius 1 is 1.45 bits per heavy atom. The molecule has 0 fully saturated rings. The van der Waals surface area contributed by atoms with Crippen LogP contribution in [0.1, 0.15) is 28.5 Å². The van der Waals surface area contributed by atoms with Crippen LogP contribution >= 0.6 is 11.3 Å². The molecule has 20 heavy (non-hydrogen) atoms. The van der Waals surface area contributed by atoms with Crippen LogP contribution in [0.5, 0.6) is 0 Å². The summed E-state index contributed by atoms with van der Waals surface area (Å²) in [6.07, 6.45) is 5.97. The summed E-state index contributed by atoms with van der Waals surface area (Å²) in [6, 6.07) is 3.98. The Balaban J connectivity index is 1.60. The number of hydrogen-bond donors (Lipinski definition) is 2. The summed E-state index contributed by atoms with van der Waals surface area (Å²) in [7, 11) is 0. The molecule has 2 heterocycles. The first kappa shape index (κ1) is 13.1. The number of aromatic nitrogens is 2. The Bertz CT molecular complexity index is 612. The SMILES string of the molecule is O=C(O)C1CCc2sc(NCCc3ccncc3)nc21. The van der Waals surface area contributed by atoms with Crippen LogP contribution in [0.4, 0.5) is 5.13 Å². The molecule has 0 saturated heterocycles. The van der Waals surface area contributed by atoms with Gasteiger partial charge in [0.15, 0.2) is 5.13 Å². The van der Waals surface area contributed by atoms with Gasteiger partial charge in [-0.1, -0.05) is 0 Å². The number of nitrogens with zero attached hydrogens (tertiary/aromatic N) is 2. The molecule has 0 radical (unpaired) electrons. The Hall–Kier alpha value is -1.95. The van der Waals surface area contributed by atoms with Gasteiger partial charge in [0.1, 0.15) is 5.92 Å². The molecule has 6 heteroatoms. The fourth-order valence-corrected chi connectivity index (χ4v) is 3.47. The molecule has 2 N–H and O–H groups in total. The molecular formula is C14H15N3O2S. The molecule has 5 nitrogen and oxygen atoms in total. The molecule has 3 rings (SSSR count). The maximum atomic E-state index is 11.1. The Morgan fingerprint density at radius 3 is 3.00 bits per heavy atom. The summed E-state index contributed by atoms with van der Waals surface area (Å²) < 4.78 is 0. The monoisotopic (exact) mass is 289 g/mol. The van der Waals surface area contributed by atoms with Crippen LogP contribution in [-0.4, -0.2) is 27.6 Å². The first-order valence-electron chi connectivity index (χ1n) is 6.59. The first-order valence-corrected chi connectivity index (χ1v) is 7.41. The van der Waals surface area contributed by atoms with Crippen molar-refractivity contribution in [3.05, 3.63) is 40.7 Å². The lowest BCUT2D eigenvalue weighted by Gasteiger charge is -2.04. The van der Waals surface area contributed by atoms with Crippen LogP contribution in [0.3, 0.4) is 0 Å². The molecule has 0 spiro atoms. The Kier molecular flexibility index (Phi) is 3.64. The number of nitrogens with one attached hydrogen (secondary N) is 1. The van der Waals surface area contributed by atoms with Crippen LogP contribution < -0.4 is 5.32 Å². The minimum Gasteiger partial charge on any atom is -0.481 e. The maximum Gasteiger partial charge on any atom is 0.312 e. The lowest BCUT2D eigenvalue weighted by atomic mass is 10.1. The highest BCUT2D eigenvalue weighted by Crippen LogP contribution is 2.38. The average Bonchev–Trinajstić information content (AvgIpc) is 2.99. The Labute approximate surface area is 120 Å². The fourth-order valence-electron chi connectivity index (χ4n) is 2.41. The third-order valence-corrected chi connectivity index (χ3v) is 4.54. The molecule has 0 aromatic carbocycles. The van der Waals surface area contributed by atoms with E-state index in [1.54, 1.807) is 23.7 Å². The number of rotatable bonds is 5. The fraction of sp³-hybridized carbons (Fsp3) is 0.357. The van der Waals surface area contributed by atoms with Crippen LogP contribution in [-0.2, 0) is 17.6 Å². The van der Waals surface area contributed by atoms with Gasteiger partial charge >= 0.3 is 5.97 Å². The lowest BCUT2D eigenvalue weighted by Crippen LogP contribution is -2.09. The summed E-state index contributed by atoms with van der Waals surface area (Å²) >= 11 is 1.58. The minimum atomic E-state index is -0.766. The zero-order valence-electron chi connectivity index (χ0n) is 10.9. The van der Waals surface area contributed by atoms with Gasteiger partial charge < -0.3 is 10.4 Å². The van der Waals surface area contributed by atoms with Gasteiger partial charge in [0.05, 0.1) is 5.69 Å². The highest BCUT2D eigenvalue weighted by molar-refractivity contribution is 7.15. The van der Waals surface area contributed by atoms with Crippen molar-refractivity contribution in [2.24, 2.45) is 0 Å². The predicted octanol–water partition coefficient (Wildman–Crippen LogP) is 2.31. The molecule has 0 saturated carbocycles. The molecular weight excluding hydrogens is 274 g/mol. The summed E-state index contributed by atoms with van der Waals surface area (Å²) in [5.41, 5.74) is 1.98. The zero-order chi connectivity index (χ0) is 13.9. The normalized spacial score (nSPS) is 16.9. The molecule has 1 aliphatic rings. The van der Waals surface area contributed by atoms with E-state index in [2.05, 4.69) is 15.3 Å². The predicted molar refractivity (Wildman–Crippen MR) is 77.2 cm³/mol. The van der Waals surface area contributed by atoms with E-state index in [0.717, 1.165) is 35.1 Å². The number of aryl methyl sites for hydroxylation is 1. The topological polar surface area (TPSA) is 75.1 Å². The highest BCUT2D eigenvalue weighted by atomic mass is 32.1. The van der Waals surface area contributed by atoms with Crippen LogP contribution in [0.15, 0.2) is 24.5 Å². The molecule has 0 amide bonds. The minimum absolute atomic E-state index is 0.419. The number of aliphatic carboxylic acids is 1. The lowest BCUT2D eigenvalue weighted by molar-refractivity contribution is -0.138. The summed E-state index contributed by atoms with van der Waals surface area (Å²) in [5, 5.41) is 13.2. The van der Waals surface area contributed by atoms with Crippen molar-refractivity contribution < 1.29 is 9.90 Å². The standard InChI is InChI=1S/C14H15N3O2S/c18-13(19)10-1-2-11-12(10)17-14(20-11)16-8-5-9-3-6-15-7-4-9/h3-4,6-7,10H,1-2,5,8H2,(H,16,17)(H,18,19). The van der Waals surface area contributed by atoms with Crippen LogP contribution in [0.25, 0.3) is 0 Å². The second-order valence-corrected chi connectivity index (χ2v) is 5.87. The van der Waals surface area contributed by atoms with Crippen molar-refractivity contribution >= 4 is 22.4 Å². The van der Waals surface area contributed by atoms with Gasteiger partial charge in [0, 0.05) is 23.8 Å². The number of pyridine rings is 1. The summed E-state index contributed by atoms with van der Waals surface area (Å²) in [6.45, 7) is 0.786. The van der Waals surface area contributed by atoms with Crippen molar-refractivity contribution in [1.29, 1.82) is 0 Å². The molecule has 104 valence electrons. The van der Waals surface area contributed by atoms with E-state index >= 15 is 0 Å². The van der Waals surface area contributed by atoms with Crippen molar-refractivity contribution in [3.63, 3.8) is 0 Å². The van der Waals surface area contributed by atoms with Crippen molar-refractivity contribution in [3.8, 4) is 0 Å². The summed E-state index contributed by atoms with van der Waals surface area (Å²) in [4.78, 5) is 20.6. The Morgan fingerprint density at radius 2 is 2.25 bits per heavy atom. The van der Waals surface area contributed by atoms with Crippen molar-refractivity contribution in [2.45, 2.75) is 25.2 Å². The number of carboxylic acids is 1. The highest BCUT2D eigenvalue weighted by Gasteiger charge is 2.32. The van der Waals surface area contributed by atoms with E-state index in [-0.39, 0.29) is 0 Å². The van der Waals surface area contributed by atoms with Crippen LogP contribution in [0, 0.1) is 0 Å². The molecule has 1 aliphatic carbocycles. The van der Waals surface area contributed by atoms with E-state index in [1.807, 2.05) is 12.1 Å². The number of fused-ring (bicyclic) bond motifs is 1. The van der Waals surface area contributed by atoms with Crippen molar-refractivity contribution in [2.75, 3.05) is 11.9 Å². The number of hydrogen-bond acceptors (Lipinski definition) is 5. The van der Waals surface area contributed by atoms with Gasteiger partial charge in [-0.15, -0.1) is 11.3 Å². The molecule has 0 bridgehead atoms. The van der Waals surface area contributed by atoms with Gasteiger partial charge in [-0.3, -0.25) is 9.78 Å². The molecule has 2 aromatic rings. The quantitative estimate of drug-likeness (QED) is 0.883. The second kappa shape index (κ2) is 5.58. The first-order chi connectivity index (χ1) is 9.74. The van der Waals surface area contributed by atoms with Gasteiger partial charge in [0.2, 0.25) is 0 Å². The van der Waals surface area contributed by atoms with Gasteiger partial charge in [-0.2, -0.15) is 0 Å². The van der Waals surface area contributed by atoms with E-state index in [9.17, 15) is 4.79 Å². The molecule has 1 unspecified atom stereocenters. The van der Waals surface area contributed by atoms with E-state index in [0.29, 0.717) is 6.42 Å². The maximum absolute atomic E-state index is 11.1. The number of anilines is 1. The third kappa shape index (κ3) is 2.65. The van der Waals surface area contributed by atoms with Crippen LogP contribution in [0.2, 0.25) is 0 Å². The zero-order valence-corrected chi connectivity index (χ0v) is 11.7. The summed E-state index contributed by atoms with van der Waals surface area (Å²) in [5.74, 6) is -1.19. The third-order valence-electron chi connectivity index (χ3n) is 3.46. The number of carboxylic acid groups (broad SMARTS) is 1. The molecule has 0 aliphatic heterocycles. The van der Waals surface area contributed by atoms with Gasteiger partial charge in [0.25, 0.3) is 0 Å². The van der Waals surface area contributed by atoms with Gasteiger partial charge in [-0.05, 0) is 37.0 Å². The van der Waals surface area contributed by atoms with Gasteiger partial charge in [-0.25, -0.2) is 4.98 Å². The second-order valence-electron chi connectivity index (χ2n) is 4.79. The number of thiazole rings is 1. The smallest absolute Gasteiger partial charge is 0.312 e. The number of carbonyl (C=O) groups is 1. The van der Waals surface area contributed by atoms with E-state index in [1.165, 1.54) is 5.56 Å². The van der Waals surface area contributed by atoms with Crippen molar-refractivity contribution in [1.82, 2.24) is 9.97 Å². The average molecular weight is 289 g/mol. The molecule has 2 aromatic heterocycles.